The highest BCUT2D eigenvalue weighted by atomic mass is 16.6. The van der Waals surface area contributed by atoms with E-state index in [1.54, 1.807) is 70.2 Å². The van der Waals surface area contributed by atoms with E-state index < -0.39 is 0 Å². The fourth-order valence-corrected chi connectivity index (χ4v) is 3.32. The molecule has 0 saturated heterocycles. The summed E-state index contributed by atoms with van der Waals surface area (Å²) in [4.78, 5) is 23.2. The van der Waals surface area contributed by atoms with Crippen molar-refractivity contribution < 1.29 is 19.0 Å². The Kier molecular flexibility index (Phi) is 7.37. The first-order valence-electron chi connectivity index (χ1n) is 10.7. The smallest absolute Gasteiger partial charge is 0.282 e. The maximum Gasteiger partial charge on any atom is 0.282 e. The van der Waals surface area contributed by atoms with Crippen LogP contribution in [0.2, 0.25) is 0 Å². The van der Waals surface area contributed by atoms with Gasteiger partial charge in [0.2, 0.25) is 0 Å². The maximum absolute atomic E-state index is 13.2. The van der Waals surface area contributed by atoms with Crippen molar-refractivity contribution in [1.29, 1.82) is 0 Å². The van der Waals surface area contributed by atoms with Gasteiger partial charge >= 0.3 is 0 Å². The monoisotopic (exact) mass is 472 g/mol. The predicted molar refractivity (Wildman–Crippen MR) is 134 cm³/mol. The molecule has 0 radical (unpaired) electrons. The van der Waals surface area contributed by atoms with E-state index in [0.717, 1.165) is 11.3 Å². The molecule has 0 spiro atoms. The number of ether oxygens (including phenoxy) is 3. The van der Waals surface area contributed by atoms with Crippen LogP contribution in [-0.4, -0.2) is 43.4 Å². The van der Waals surface area contributed by atoms with Crippen LogP contribution in [0.4, 0.5) is 0 Å². The minimum Gasteiger partial charge on any atom is -0.497 e. The van der Waals surface area contributed by atoms with Crippen molar-refractivity contribution in [2.24, 2.45) is 10.3 Å². The number of hydrogen-bond acceptors (Lipinski definition) is 8. The third-order valence-electron chi connectivity index (χ3n) is 5.14. The van der Waals surface area contributed by atoms with Crippen molar-refractivity contribution in [3.05, 3.63) is 94.0 Å². The summed E-state index contributed by atoms with van der Waals surface area (Å²) in [5.74, 6) is 2.20. The van der Waals surface area contributed by atoms with Gasteiger partial charge in [-0.05, 0) is 65.7 Å². The number of rotatable bonds is 9. The number of para-hydroxylation sites is 1. The van der Waals surface area contributed by atoms with Crippen LogP contribution >= 0.6 is 0 Å². The molecule has 178 valence electrons. The molecule has 9 heteroatoms. The Labute approximate surface area is 201 Å². The number of oxime groups is 1. The van der Waals surface area contributed by atoms with Crippen LogP contribution in [0, 0.1) is 0 Å². The topological polar surface area (TPSA) is 96.5 Å². The molecule has 9 nitrogen and oxygen atoms in total. The average molecular weight is 473 g/mol. The van der Waals surface area contributed by atoms with Gasteiger partial charge in [-0.1, -0.05) is 17.3 Å². The Morgan fingerprint density at radius 3 is 2.34 bits per heavy atom. The molecule has 0 aliphatic heterocycles. The van der Waals surface area contributed by atoms with Gasteiger partial charge < -0.3 is 19.0 Å². The standard InChI is InChI=1S/C26H24N4O5/c1-32-20-11-8-18(9-12-20)16-28-35-17-25-29-22-7-5-4-6-21(22)26(31)30(25)27-15-19-10-13-23(33-2)24(14-19)34-3/h4-16H,17H2,1-3H3/b27-15-,28-16-. The molecule has 4 aromatic rings. The van der Waals surface area contributed by atoms with E-state index in [0.29, 0.717) is 33.8 Å². The highest BCUT2D eigenvalue weighted by Gasteiger charge is 2.11. The molecule has 0 saturated carbocycles. The van der Waals surface area contributed by atoms with Crippen molar-refractivity contribution in [2.75, 3.05) is 21.3 Å². The Morgan fingerprint density at radius 2 is 1.60 bits per heavy atom. The van der Waals surface area contributed by atoms with Crippen LogP contribution < -0.4 is 19.8 Å². The number of methoxy groups -OCH3 is 3. The summed E-state index contributed by atoms with van der Waals surface area (Å²) in [5, 5.41) is 8.83. The summed E-state index contributed by atoms with van der Waals surface area (Å²) in [5.41, 5.74) is 1.78. The third kappa shape index (κ3) is 5.47. The number of nitrogens with zero attached hydrogens (tertiary/aromatic N) is 4. The minimum atomic E-state index is -0.315. The van der Waals surface area contributed by atoms with Crippen molar-refractivity contribution in [2.45, 2.75) is 6.61 Å². The fourth-order valence-electron chi connectivity index (χ4n) is 3.32. The van der Waals surface area contributed by atoms with Crippen LogP contribution in [0.3, 0.4) is 0 Å². The molecule has 1 heterocycles. The summed E-state index contributed by atoms with van der Waals surface area (Å²) in [6, 6.07) is 19.8. The van der Waals surface area contributed by atoms with Gasteiger partial charge in [0.1, 0.15) is 5.75 Å². The van der Waals surface area contributed by atoms with Crippen molar-refractivity contribution in [1.82, 2.24) is 9.66 Å². The van der Waals surface area contributed by atoms with E-state index in [2.05, 4.69) is 15.2 Å². The molecule has 0 N–H and O–H groups in total. The van der Waals surface area contributed by atoms with Gasteiger partial charge in [0.25, 0.3) is 5.56 Å². The van der Waals surface area contributed by atoms with Crippen LogP contribution in [0.25, 0.3) is 10.9 Å². The molecular weight excluding hydrogens is 448 g/mol. The maximum atomic E-state index is 13.2. The van der Waals surface area contributed by atoms with Crippen LogP contribution in [0.15, 0.2) is 81.8 Å². The Morgan fingerprint density at radius 1 is 0.857 bits per heavy atom. The Bertz CT molecular complexity index is 1430. The summed E-state index contributed by atoms with van der Waals surface area (Å²) >= 11 is 0. The van der Waals surface area contributed by atoms with Crippen molar-refractivity contribution >= 4 is 23.3 Å². The summed E-state index contributed by atoms with van der Waals surface area (Å²) < 4.78 is 17.0. The van der Waals surface area contributed by atoms with E-state index >= 15 is 0 Å². The lowest BCUT2D eigenvalue weighted by Crippen LogP contribution is -2.22. The van der Waals surface area contributed by atoms with Gasteiger partial charge in [0.05, 0.1) is 44.7 Å². The first-order valence-corrected chi connectivity index (χ1v) is 10.7. The molecule has 0 unspecified atom stereocenters. The van der Waals surface area contributed by atoms with Gasteiger partial charge in [0.15, 0.2) is 23.9 Å². The summed E-state index contributed by atoms with van der Waals surface area (Å²) in [6.07, 6.45) is 3.11. The Balaban J connectivity index is 1.62. The summed E-state index contributed by atoms with van der Waals surface area (Å²) in [6.45, 7) is -0.0595. The predicted octanol–water partition coefficient (Wildman–Crippen LogP) is 3.86. The number of benzene rings is 3. The second kappa shape index (κ2) is 11.0. The van der Waals surface area contributed by atoms with E-state index in [4.69, 9.17) is 19.0 Å². The highest BCUT2D eigenvalue weighted by molar-refractivity contribution is 5.81. The molecular formula is C26H24N4O5. The lowest BCUT2D eigenvalue weighted by molar-refractivity contribution is 0.123. The molecule has 0 atom stereocenters. The van der Waals surface area contributed by atoms with E-state index in [-0.39, 0.29) is 12.2 Å². The van der Waals surface area contributed by atoms with Gasteiger partial charge in [-0.25, -0.2) is 4.98 Å². The van der Waals surface area contributed by atoms with E-state index in [9.17, 15) is 4.79 Å². The van der Waals surface area contributed by atoms with Gasteiger partial charge in [0, 0.05) is 0 Å². The van der Waals surface area contributed by atoms with Gasteiger partial charge in [-0.2, -0.15) is 9.78 Å². The van der Waals surface area contributed by atoms with E-state index in [1.165, 1.54) is 4.68 Å². The van der Waals surface area contributed by atoms with E-state index in [1.807, 2.05) is 30.3 Å². The van der Waals surface area contributed by atoms with Gasteiger partial charge in [-0.15, -0.1) is 0 Å². The zero-order chi connectivity index (χ0) is 24.6. The molecule has 4 rings (SSSR count). The molecule has 3 aromatic carbocycles. The zero-order valence-electron chi connectivity index (χ0n) is 19.5. The molecule has 0 aliphatic rings. The lowest BCUT2D eigenvalue weighted by Gasteiger charge is -2.09. The number of fused-ring (bicyclic) bond motifs is 1. The molecule has 1 aromatic heterocycles. The van der Waals surface area contributed by atoms with Crippen molar-refractivity contribution in [3.8, 4) is 17.2 Å². The van der Waals surface area contributed by atoms with Crippen molar-refractivity contribution in [3.63, 3.8) is 0 Å². The second-order valence-electron chi connectivity index (χ2n) is 7.30. The molecule has 0 fully saturated rings. The molecule has 0 aliphatic carbocycles. The normalized spacial score (nSPS) is 11.3. The molecule has 0 amide bonds. The third-order valence-corrected chi connectivity index (χ3v) is 5.14. The van der Waals surface area contributed by atoms with Crippen LogP contribution in [0.5, 0.6) is 17.2 Å². The Hall–Kier alpha value is -4.66. The average Bonchev–Trinajstić information content (AvgIpc) is 2.91. The lowest BCUT2D eigenvalue weighted by atomic mass is 10.2. The van der Waals surface area contributed by atoms with Gasteiger partial charge in [-0.3, -0.25) is 4.79 Å². The second-order valence-corrected chi connectivity index (χ2v) is 7.30. The fraction of sp³-hybridized carbons (Fsp3) is 0.154. The minimum absolute atomic E-state index is 0.0595. The van der Waals surface area contributed by atoms with Crippen LogP contribution in [-0.2, 0) is 11.4 Å². The highest BCUT2D eigenvalue weighted by Crippen LogP contribution is 2.26. The summed E-state index contributed by atoms with van der Waals surface area (Å²) in [7, 11) is 4.73. The van der Waals surface area contributed by atoms with Crippen LogP contribution in [0.1, 0.15) is 17.0 Å². The SMILES string of the molecule is COc1ccc(/C=N\OCc2nc3ccccc3c(=O)n2/N=C\c2ccc(OC)c(OC)c2)cc1. The number of hydrogen-bond donors (Lipinski definition) is 0. The number of aromatic nitrogens is 2. The molecule has 0 bridgehead atoms. The first kappa shape index (κ1) is 23.5. The molecule has 35 heavy (non-hydrogen) atoms. The quantitative estimate of drug-likeness (QED) is 0.271. The zero-order valence-corrected chi connectivity index (χ0v) is 19.5. The first-order chi connectivity index (χ1) is 17.1. The largest absolute Gasteiger partial charge is 0.497 e.